The van der Waals surface area contributed by atoms with Crippen LogP contribution < -0.4 is 0 Å². The second-order valence-corrected chi connectivity index (χ2v) is 13.7. The maximum Gasteiger partial charge on any atom is 0.143 e. The molecule has 1 aliphatic rings. The van der Waals surface area contributed by atoms with Crippen LogP contribution in [0.2, 0.25) is 0 Å². The van der Waals surface area contributed by atoms with E-state index in [2.05, 4.69) is 168 Å². The van der Waals surface area contributed by atoms with Crippen LogP contribution in [0.5, 0.6) is 0 Å². The molecule has 51 heavy (non-hydrogen) atoms. The number of hydrogen-bond donors (Lipinski definition) is 0. The predicted molar refractivity (Wildman–Crippen MR) is 213 cm³/mol. The second kappa shape index (κ2) is 10.9. The Bertz CT molecular complexity index is 2980. The maximum atomic E-state index is 6.37. The van der Waals surface area contributed by atoms with Gasteiger partial charge in [0.05, 0.1) is 11.0 Å². The first kappa shape index (κ1) is 28.2. The largest absolute Gasteiger partial charge is 0.455 e. The van der Waals surface area contributed by atoms with Crippen LogP contribution in [0.25, 0.3) is 93.9 Å². The van der Waals surface area contributed by atoms with Crippen molar-refractivity contribution in [2.45, 2.75) is 6.42 Å². The van der Waals surface area contributed by atoms with Gasteiger partial charge < -0.3 is 8.98 Å². The number of hydrogen-bond acceptors (Lipinski definition) is 1. The Morgan fingerprint density at radius 3 is 1.84 bits per heavy atom. The van der Waals surface area contributed by atoms with Gasteiger partial charge >= 0.3 is 0 Å². The molecule has 0 fully saturated rings. The zero-order valence-electron chi connectivity index (χ0n) is 27.8. The molecule has 0 bridgehead atoms. The summed E-state index contributed by atoms with van der Waals surface area (Å²) in [5.41, 5.74) is 18.1. The van der Waals surface area contributed by atoms with Gasteiger partial charge in [0.2, 0.25) is 0 Å². The summed E-state index contributed by atoms with van der Waals surface area (Å²) in [4.78, 5) is 0. The fourth-order valence-electron chi connectivity index (χ4n) is 8.35. The number of furan rings is 1. The number of para-hydroxylation sites is 3. The smallest absolute Gasteiger partial charge is 0.143 e. The molecule has 0 saturated carbocycles. The summed E-state index contributed by atoms with van der Waals surface area (Å²) >= 11 is 0. The Morgan fingerprint density at radius 2 is 0.980 bits per heavy atom. The third-order valence-corrected chi connectivity index (χ3v) is 10.9. The Hall–Kier alpha value is -6.64. The molecule has 0 atom stereocenters. The first-order valence-corrected chi connectivity index (χ1v) is 17.6. The highest BCUT2D eigenvalue weighted by atomic mass is 16.3. The fourth-order valence-corrected chi connectivity index (χ4v) is 8.35. The van der Waals surface area contributed by atoms with Crippen molar-refractivity contribution in [3.8, 4) is 50.2 Å². The van der Waals surface area contributed by atoms with Gasteiger partial charge in [0.1, 0.15) is 11.2 Å². The zero-order chi connectivity index (χ0) is 33.5. The van der Waals surface area contributed by atoms with Crippen molar-refractivity contribution in [1.82, 2.24) is 4.57 Å². The summed E-state index contributed by atoms with van der Waals surface area (Å²) in [6.07, 6.45) is 1.02. The van der Waals surface area contributed by atoms with Crippen LogP contribution in [0.1, 0.15) is 11.1 Å². The lowest BCUT2D eigenvalue weighted by Crippen LogP contribution is -1.94. The van der Waals surface area contributed by atoms with E-state index in [-0.39, 0.29) is 0 Å². The van der Waals surface area contributed by atoms with Crippen LogP contribution in [0.3, 0.4) is 0 Å². The minimum Gasteiger partial charge on any atom is -0.455 e. The Morgan fingerprint density at radius 1 is 0.373 bits per heavy atom. The molecule has 0 spiro atoms. The molecule has 0 radical (unpaired) electrons. The number of nitrogens with zero attached hydrogens (tertiary/aromatic N) is 1. The lowest BCUT2D eigenvalue weighted by Gasteiger charge is -2.11. The van der Waals surface area contributed by atoms with Crippen molar-refractivity contribution < 1.29 is 4.42 Å². The van der Waals surface area contributed by atoms with Gasteiger partial charge in [-0.15, -0.1) is 0 Å². The van der Waals surface area contributed by atoms with Crippen molar-refractivity contribution in [2.24, 2.45) is 0 Å². The normalized spacial score (nSPS) is 12.2. The molecule has 2 aromatic heterocycles. The minimum absolute atomic E-state index is 0.918. The van der Waals surface area contributed by atoms with E-state index >= 15 is 0 Å². The van der Waals surface area contributed by atoms with Crippen molar-refractivity contribution >= 4 is 43.7 Å². The topological polar surface area (TPSA) is 18.1 Å². The summed E-state index contributed by atoms with van der Waals surface area (Å²) in [5.74, 6) is 0. The quantitative estimate of drug-likeness (QED) is 0.186. The monoisotopic (exact) mass is 649 g/mol. The van der Waals surface area contributed by atoms with Gasteiger partial charge in [-0.3, -0.25) is 0 Å². The van der Waals surface area contributed by atoms with E-state index in [0.29, 0.717) is 0 Å². The summed E-state index contributed by atoms with van der Waals surface area (Å²) < 4.78 is 8.77. The summed E-state index contributed by atoms with van der Waals surface area (Å²) in [5, 5.41) is 4.80. The van der Waals surface area contributed by atoms with Gasteiger partial charge in [0.25, 0.3) is 0 Å². The van der Waals surface area contributed by atoms with E-state index in [1.165, 1.54) is 66.3 Å². The SMILES string of the molecule is c1ccc2c(c1)Cc1ccc(-c3ccc(-c4ccc5c6ccccc6n(-c6ccc(-c7cccc8c7oc7ccccc78)cc6)c5c4)cc3)cc1-2. The summed E-state index contributed by atoms with van der Waals surface area (Å²) in [7, 11) is 0. The molecule has 0 saturated heterocycles. The third kappa shape index (κ3) is 4.36. The number of fused-ring (bicyclic) bond motifs is 9. The van der Waals surface area contributed by atoms with Gasteiger partial charge in [-0.25, -0.2) is 0 Å². The maximum absolute atomic E-state index is 6.37. The second-order valence-electron chi connectivity index (χ2n) is 13.7. The molecule has 2 heterocycles. The first-order chi connectivity index (χ1) is 25.3. The predicted octanol–water partition coefficient (Wildman–Crippen LogP) is 13.3. The highest BCUT2D eigenvalue weighted by Crippen LogP contribution is 2.41. The zero-order valence-corrected chi connectivity index (χ0v) is 27.8. The summed E-state index contributed by atoms with van der Waals surface area (Å²) in [6.45, 7) is 0. The molecule has 10 aromatic rings. The lowest BCUT2D eigenvalue weighted by molar-refractivity contribution is 0.670. The molecular weight excluding hydrogens is 619 g/mol. The average Bonchev–Trinajstić information content (AvgIpc) is 3.87. The van der Waals surface area contributed by atoms with Crippen molar-refractivity contribution in [2.75, 3.05) is 0 Å². The van der Waals surface area contributed by atoms with E-state index < -0.39 is 0 Å². The fraction of sp³-hybridized carbons (Fsp3) is 0.0204. The number of aromatic nitrogens is 1. The van der Waals surface area contributed by atoms with Crippen LogP contribution in [0.4, 0.5) is 0 Å². The lowest BCUT2D eigenvalue weighted by atomic mass is 9.96. The van der Waals surface area contributed by atoms with Crippen LogP contribution >= 0.6 is 0 Å². The van der Waals surface area contributed by atoms with E-state index in [0.717, 1.165) is 45.2 Å². The molecule has 8 aromatic carbocycles. The molecule has 2 heteroatoms. The highest BCUT2D eigenvalue weighted by molar-refractivity contribution is 6.11. The van der Waals surface area contributed by atoms with Crippen LogP contribution in [-0.4, -0.2) is 4.57 Å². The van der Waals surface area contributed by atoms with Crippen LogP contribution in [0, 0.1) is 0 Å². The molecule has 0 N–H and O–H groups in total. The molecule has 0 aliphatic heterocycles. The van der Waals surface area contributed by atoms with Crippen molar-refractivity contribution in [3.63, 3.8) is 0 Å². The van der Waals surface area contributed by atoms with E-state index in [1.54, 1.807) is 0 Å². The van der Waals surface area contributed by atoms with Gasteiger partial charge in [-0.1, -0.05) is 140 Å². The Balaban J connectivity index is 0.976. The molecule has 238 valence electrons. The van der Waals surface area contributed by atoms with Gasteiger partial charge in [0.15, 0.2) is 0 Å². The molecule has 1 aliphatic carbocycles. The van der Waals surface area contributed by atoms with Crippen LogP contribution in [0.15, 0.2) is 180 Å². The minimum atomic E-state index is 0.918. The summed E-state index contributed by atoms with van der Waals surface area (Å²) in [6, 6.07) is 64.0. The van der Waals surface area contributed by atoms with Crippen molar-refractivity contribution in [1.29, 1.82) is 0 Å². The molecule has 2 nitrogen and oxygen atoms in total. The Kier molecular flexibility index (Phi) is 6.05. The number of benzene rings is 8. The van der Waals surface area contributed by atoms with Gasteiger partial charge in [0, 0.05) is 32.8 Å². The molecular formula is C49H31NO. The Labute approximate surface area is 295 Å². The van der Waals surface area contributed by atoms with Crippen LogP contribution in [-0.2, 0) is 6.42 Å². The molecule has 0 amide bonds. The van der Waals surface area contributed by atoms with Gasteiger partial charge in [-0.2, -0.15) is 0 Å². The van der Waals surface area contributed by atoms with E-state index in [4.69, 9.17) is 4.42 Å². The molecule has 11 rings (SSSR count). The van der Waals surface area contributed by atoms with Gasteiger partial charge in [-0.05, 0) is 92.9 Å². The first-order valence-electron chi connectivity index (χ1n) is 17.6. The molecule has 0 unspecified atom stereocenters. The number of rotatable bonds is 4. The van der Waals surface area contributed by atoms with E-state index in [1.807, 2.05) is 12.1 Å². The third-order valence-electron chi connectivity index (χ3n) is 10.9. The van der Waals surface area contributed by atoms with E-state index in [9.17, 15) is 0 Å². The average molecular weight is 650 g/mol. The highest BCUT2D eigenvalue weighted by Gasteiger charge is 2.19. The standard InChI is InChI=1S/C49H31NO/c1-2-9-39-36(8-1)28-37-21-20-34(29-45(37)39)31-16-18-32(19-17-31)35-24-27-42-41-10-3-5-14-46(41)50(47(42)30-35)38-25-22-33(23-26-38)40-12-7-13-44-43-11-4-6-15-48(43)51-49(40)44/h1-27,29-30H,28H2. The van der Waals surface area contributed by atoms with Crippen molar-refractivity contribution in [3.05, 3.63) is 187 Å².